The summed E-state index contributed by atoms with van der Waals surface area (Å²) in [6.07, 6.45) is 3.14. The Labute approximate surface area is 160 Å². The number of pyridine rings is 1. The molecule has 1 saturated heterocycles. The highest BCUT2D eigenvalue weighted by Gasteiger charge is 2.37. The van der Waals surface area contributed by atoms with Gasteiger partial charge in [-0.15, -0.1) is 11.3 Å². The number of nitrogens with zero attached hydrogens (tertiary/aromatic N) is 2. The monoisotopic (exact) mass is 407 g/mol. The molecule has 2 aliphatic rings. The highest BCUT2D eigenvalue weighted by atomic mass is 32.2. The molecule has 4 rings (SSSR count). The largest absolute Gasteiger partial charge is 0.377 e. The number of carbonyl (C=O) groups is 2. The third-order valence-electron chi connectivity index (χ3n) is 4.47. The first kappa shape index (κ1) is 18.2. The molecule has 0 aromatic carbocycles. The molecule has 0 spiro atoms. The molecule has 0 unspecified atom stereocenters. The average molecular weight is 407 g/mol. The predicted molar refractivity (Wildman–Crippen MR) is 96.9 cm³/mol. The molecule has 27 heavy (non-hydrogen) atoms. The van der Waals surface area contributed by atoms with Gasteiger partial charge in [-0.2, -0.15) is 0 Å². The predicted octanol–water partition coefficient (Wildman–Crippen LogP) is 1.40. The number of hydrogen-bond acceptors (Lipinski definition) is 7. The zero-order chi connectivity index (χ0) is 19.0. The second-order valence-corrected chi connectivity index (χ2v) is 9.47. The van der Waals surface area contributed by atoms with Gasteiger partial charge in [0.1, 0.15) is 9.90 Å². The fourth-order valence-corrected chi connectivity index (χ4v) is 5.54. The van der Waals surface area contributed by atoms with Crippen LogP contribution in [0.5, 0.6) is 0 Å². The van der Waals surface area contributed by atoms with Crippen LogP contribution in [-0.4, -0.2) is 49.4 Å². The lowest BCUT2D eigenvalue weighted by Gasteiger charge is -2.12. The topological polar surface area (TPSA) is 106 Å². The average Bonchev–Trinajstić information content (AvgIpc) is 3.39. The van der Waals surface area contributed by atoms with Crippen molar-refractivity contribution in [3.05, 3.63) is 46.6 Å². The van der Waals surface area contributed by atoms with E-state index in [-0.39, 0.29) is 34.7 Å². The van der Waals surface area contributed by atoms with Gasteiger partial charge in [-0.3, -0.25) is 19.5 Å². The van der Waals surface area contributed by atoms with E-state index in [0.29, 0.717) is 11.5 Å². The molecule has 0 bridgehead atoms. The van der Waals surface area contributed by atoms with Crippen LogP contribution in [-0.2, 0) is 21.3 Å². The first-order valence-electron chi connectivity index (χ1n) is 8.47. The van der Waals surface area contributed by atoms with Crippen LogP contribution in [0.3, 0.4) is 0 Å². The molecular weight excluding hydrogens is 390 g/mol. The van der Waals surface area contributed by atoms with Gasteiger partial charge in [-0.05, 0) is 37.1 Å². The van der Waals surface area contributed by atoms with Crippen LogP contribution in [0.25, 0.3) is 0 Å². The second kappa shape index (κ2) is 7.12. The van der Waals surface area contributed by atoms with Crippen molar-refractivity contribution in [1.82, 2.24) is 14.6 Å². The third-order valence-corrected chi connectivity index (χ3v) is 7.46. The Morgan fingerprint density at radius 3 is 2.85 bits per heavy atom. The normalized spacial score (nSPS) is 19.7. The first-order chi connectivity index (χ1) is 13.0. The smallest absolute Gasteiger partial charge is 0.280 e. The first-order valence-corrected chi connectivity index (χ1v) is 10.8. The Morgan fingerprint density at radius 1 is 1.26 bits per heavy atom. The van der Waals surface area contributed by atoms with Crippen LogP contribution >= 0.6 is 11.3 Å². The number of imide groups is 1. The SMILES string of the molecule is O=C1c2cccnc2C(=O)N1Cc1ccc(S(=O)(=O)NC[C@@H]2CCCO2)s1. The number of aromatic nitrogens is 1. The van der Waals surface area contributed by atoms with E-state index >= 15 is 0 Å². The second-order valence-electron chi connectivity index (χ2n) is 6.30. The number of hydrogen-bond donors (Lipinski definition) is 1. The minimum absolute atomic E-state index is 0.0138. The van der Waals surface area contributed by atoms with E-state index in [4.69, 9.17) is 4.74 Å². The van der Waals surface area contributed by atoms with Crippen molar-refractivity contribution in [2.24, 2.45) is 0 Å². The van der Waals surface area contributed by atoms with Crippen LogP contribution in [0.15, 0.2) is 34.7 Å². The molecule has 10 heteroatoms. The van der Waals surface area contributed by atoms with Crippen LogP contribution in [0.1, 0.15) is 38.6 Å². The summed E-state index contributed by atoms with van der Waals surface area (Å²) >= 11 is 1.03. The van der Waals surface area contributed by atoms with Crippen molar-refractivity contribution in [3.8, 4) is 0 Å². The van der Waals surface area contributed by atoms with Crippen molar-refractivity contribution in [1.29, 1.82) is 0 Å². The van der Waals surface area contributed by atoms with Gasteiger partial charge in [-0.25, -0.2) is 13.1 Å². The molecule has 1 fully saturated rings. The summed E-state index contributed by atoms with van der Waals surface area (Å²) in [6.45, 7) is 0.907. The molecule has 2 aromatic heterocycles. The minimum Gasteiger partial charge on any atom is -0.377 e. The van der Waals surface area contributed by atoms with Crippen molar-refractivity contribution < 1.29 is 22.7 Å². The number of nitrogens with one attached hydrogen (secondary N) is 1. The number of ether oxygens (including phenoxy) is 1. The van der Waals surface area contributed by atoms with E-state index in [2.05, 4.69) is 9.71 Å². The van der Waals surface area contributed by atoms with Crippen LogP contribution in [0.4, 0.5) is 0 Å². The van der Waals surface area contributed by atoms with Gasteiger partial charge in [0.25, 0.3) is 11.8 Å². The lowest BCUT2D eigenvalue weighted by atomic mass is 10.2. The molecule has 1 atom stereocenters. The molecule has 8 nitrogen and oxygen atoms in total. The van der Waals surface area contributed by atoms with Gasteiger partial charge in [0.2, 0.25) is 10.0 Å². The van der Waals surface area contributed by atoms with Gasteiger partial charge >= 0.3 is 0 Å². The molecule has 142 valence electrons. The summed E-state index contributed by atoms with van der Waals surface area (Å²) in [7, 11) is -3.65. The molecule has 4 heterocycles. The van der Waals surface area contributed by atoms with Crippen LogP contribution in [0, 0.1) is 0 Å². The molecular formula is C17H17N3O5S2. The third kappa shape index (κ3) is 3.53. The molecule has 2 aliphatic heterocycles. The Kier molecular flexibility index (Phi) is 4.81. The molecule has 0 aliphatic carbocycles. The molecule has 2 amide bonds. The van der Waals surface area contributed by atoms with Gasteiger partial charge < -0.3 is 4.74 Å². The number of sulfonamides is 1. The van der Waals surface area contributed by atoms with E-state index < -0.39 is 21.8 Å². The Hall–Kier alpha value is -2.14. The van der Waals surface area contributed by atoms with E-state index in [1.165, 1.54) is 12.3 Å². The van der Waals surface area contributed by atoms with E-state index in [1.807, 2.05) is 0 Å². The van der Waals surface area contributed by atoms with E-state index in [9.17, 15) is 18.0 Å². The minimum atomic E-state index is -3.65. The summed E-state index contributed by atoms with van der Waals surface area (Å²) in [5.74, 6) is -0.887. The highest BCUT2D eigenvalue weighted by molar-refractivity contribution is 7.91. The highest BCUT2D eigenvalue weighted by Crippen LogP contribution is 2.27. The summed E-state index contributed by atoms with van der Waals surface area (Å²) in [5, 5.41) is 0. The number of carbonyl (C=O) groups excluding carboxylic acids is 2. The fourth-order valence-electron chi connectivity index (χ4n) is 3.08. The number of thiophene rings is 1. The molecule has 0 radical (unpaired) electrons. The summed E-state index contributed by atoms with van der Waals surface area (Å²) in [5.41, 5.74) is 0.398. The standard InChI is InChI=1S/C17H17N3O5S2/c21-16-13-4-1-7-18-15(13)17(22)20(16)10-12-5-6-14(26-12)27(23,24)19-9-11-3-2-8-25-11/h1,4-7,11,19H,2-3,8-10H2/t11-/m0/s1. The maximum absolute atomic E-state index is 12.4. The summed E-state index contributed by atoms with van der Waals surface area (Å²) in [6, 6.07) is 6.25. The quantitative estimate of drug-likeness (QED) is 0.726. The maximum atomic E-state index is 12.4. The van der Waals surface area contributed by atoms with Crippen LogP contribution < -0.4 is 4.72 Å². The molecule has 0 saturated carbocycles. The molecule has 1 N–H and O–H groups in total. The van der Waals surface area contributed by atoms with E-state index in [1.54, 1.807) is 18.2 Å². The van der Waals surface area contributed by atoms with Crippen LogP contribution in [0.2, 0.25) is 0 Å². The lowest BCUT2D eigenvalue weighted by Crippen LogP contribution is -2.31. The summed E-state index contributed by atoms with van der Waals surface area (Å²) in [4.78, 5) is 30.4. The van der Waals surface area contributed by atoms with Gasteiger partial charge in [0, 0.05) is 24.2 Å². The van der Waals surface area contributed by atoms with Gasteiger partial charge in [0.15, 0.2) is 0 Å². The zero-order valence-corrected chi connectivity index (χ0v) is 15.9. The number of rotatable bonds is 6. The Bertz CT molecular complexity index is 961. The maximum Gasteiger partial charge on any atom is 0.280 e. The zero-order valence-electron chi connectivity index (χ0n) is 14.3. The fraction of sp³-hybridized carbons (Fsp3) is 0.353. The van der Waals surface area contributed by atoms with E-state index in [0.717, 1.165) is 29.1 Å². The Balaban J connectivity index is 1.45. The van der Waals surface area contributed by atoms with Crippen molar-refractivity contribution in [2.75, 3.05) is 13.2 Å². The summed E-state index contributed by atoms with van der Waals surface area (Å²) < 4.78 is 33.0. The van der Waals surface area contributed by atoms with Gasteiger partial charge in [-0.1, -0.05) is 0 Å². The van der Waals surface area contributed by atoms with Crippen molar-refractivity contribution >= 4 is 33.2 Å². The van der Waals surface area contributed by atoms with Gasteiger partial charge in [0.05, 0.1) is 18.2 Å². The number of amides is 2. The van der Waals surface area contributed by atoms with Crippen molar-refractivity contribution in [2.45, 2.75) is 29.7 Å². The number of fused-ring (bicyclic) bond motifs is 1. The van der Waals surface area contributed by atoms with Crippen molar-refractivity contribution in [3.63, 3.8) is 0 Å². The lowest BCUT2D eigenvalue weighted by molar-refractivity contribution is 0.0642. The molecule has 2 aromatic rings. The Morgan fingerprint density at radius 2 is 2.11 bits per heavy atom.